The van der Waals surface area contributed by atoms with Crippen LogP contribution in [0, 0.1) is 0 Å². The number of halogens is 1. The minimum atomic E-state index is -0.463. The van der Waals surface area contributed by atoms with E-state index >= 15 is 0 Å². The minimum absolute atomic E-state index is 0.0795. The number of para-hydroxylation sites is 1. The minimum Gasteiger partial charge on any atom is -0.457 e. The van der Waals surface area contributed by atoms with E-state index in [4.69, 9.17) is 20.8 Å². The summed E-state index contributed by atoms with van der Waals surface area (Å²) in [6.07, 6.45) is 1.68. The van der Waals surface area contributed by atoms with Gasteiger partial charge in [-0.15, -0.1) is 0 Å². The van der Waals surface area contributed by atoms with Crippen LogP contribution in [-0.2, 0) is 16.1 Å². The largest absolute Gasteiger partial charge is 0.457 e. The third-order valence-electron chi connectivity index (χ3n) is 5.68. The second kappa shape index (κ2) is 10.1. The van der Waals surface area contributed by atoms with Gasteiger partial charge in [-0.05, 0) is 55.5 Å². The highest BCUT2D eigenvalue weighted by Crippen LogP contribution is 2.28. The van der Waals surface area contributed by atoms with E-state index in [9.17, 15) is 9.59 Å². The molecular formula is C29H21ClN2O4. The number of hydrogen-bond acceptors (Lipinski definition) is 5. The molecule has 1 aliphatic rings. The second-order valence-corrected chi connectivity index (χ2v) is 8.55. The lowest BCUT2D eigenvalue weighted by Gasteiger charge is -2.10. The summed E-state index contributed by atoms with van der Waals surface area (Å²) in [4.78, 5) is 25.6. The highest BCUT2D eigenvalue weighted by Gasteiger charge is 2.29. The Morgan fingerprint density at radius 2 is 1.78 bits per heavy atom. The predicted octanol–water partition coefficient (Wildman–Crippen LogP) is 6.76. The number of carbonyl (C=O) groups is 2. The Bertz CT molecular complexity index is 1500. The fourth-order valence-corrected chi connectivity index (χ4v) is 3.99. The normalized spacial score (nSPS) is 14.3. The number of ether oxygens (including phenoxy) is 1. The number of esters is 1. The highest BCUT2D eigenvalue weighted by atomic mass is 35.5. The molecule has 0 unspecified atom stereocenters. The zero-order chi connectivity index (χ0) is 25.1. The van der Waals surface area contributed by atoms with Crippen molar-refractivity contribution in [2.24, 2.45) is 5.10 Å². The smallest absolute Gasteiger partial charge is 0.338 e. The summed E-state index contributed by atoms with van der Waals surface area (Å²) in [7, 11) is 0. The lowest BCUT2D eigenvalue weighted by atomic mass is 10.1. The van der Waals surface area contributed by atoms with Gasteiger partial charge in [-0.1, -0.05) is 60.1 Å². The molecule has 0 saturated carbocycles. The van der Waals surface area contributed by atoms with Crippen LogP contribution < -0.4 is 5.01 Å². The monoisotopic (exact) mass is 496 g/mol. The van der Waals surface area contributed by atoms with Gasteiger partial charge in [0, 0.05) is 16.1 Å². The molecule has 0 spiro atoms. The summed E-state index contributed by atoms with van der Waals surface area (Å²) >= 11 is 6.14. The number of carbonyl (C=O) groups excluding carboxylic acids is 2. The summed E-state index contributed by atoms with van der Waals surface area (Å²) in [6.45, 7) is 1.87. The maximum Gasteiger partial charge on any atom is 0.338 e. The first-order valence-corrected chi connectivity index (χ1v) is 11.6. The average Bonchev–Trinajstić information content (AvgIpc) is 3.49. The van der Waals surface area contributed by atoms with Crippen LogP contribution in [0.25, 0.3) is 17.4 Å². The van der Waals surface area contributed by atoms with Crippen molar-refractivity contribution >= 4 is 41.0 Å². The summed E-state index contributed by atoms with van der Waals surface area (Å²) in [6, 6.07) is 27.0. The van der Waals surface area contributed by atoms with Gasteiger partial charge in [0.2, 0.25) is 0 Å². The lowest BCUT2D eigenvalue weighted by Crippen LogP contribution is -2.21. The van der Waals surface area contributed by atoms with Crippen molar-refractivity contribution in [1.82, 2.24) is 0 Å². The molecule has 0 atom stereocenters. The van der Waals surface area contributed by atoms with Crippen LogP contribution in [0.5, 0.6) is 0 Å². The number of furan rings is 1. The highest BCUT2D eigenvalue weighted by molar-refractivity contribution is 6.32. The second-order valence-electron chi connectivity index (χ2n) is 8.15. The molecule has 3 aromatic carbocycles. The molecular weight excluding hydrogens is 476 g/mol. The van der Waals surface area contributed by atoms with Crippen molar-refractivity contribution in [3.63, 3.8) is 0 Å². The molecule has 0 aliphatic carbocycles. The van der Waals surface area contributed by atoms with Gasteiger partial charge in [0.1, 0.15) is 18.1 Å². The van der Waals surface area contributed by atoms with Crippen molar-refractivity contribution in [3.8, 4) is 11.3 Å². The SMILES string of the molecule is CC1=NN(c2ccccc2)C(=O)/C1=C\c1ccc(-c2cccc(C(=O)OCc3ccccc3Cl)c2)o1. The summed E-state index contributed by atoms with van der Waals surface area (Å²) in [5.41, 5.74) is 3.59. The quantitative estimate of drug-likeness (QED) is 0.218. The Balaban J connectivity index is 1.32. The van der Waals surface area contributed by atoms with Gasteiger partial charge < -0.3 is 9.15 Å². The van der Waals surface area contributed by atoms with Crippen molar-refractivity contribution < 1.29 is 18.7 Å². The first kappa shape index (κ1) is 23.3. The Labute approximate surface area is 213 Å². The number of anilines is 1. The maximum atomic E-state index is 12.9. The molecule has 0 fully saturated rings. The van der Waals surface area contributed by atoms with E-state index in [2.05, 4.69) is 5.10 Å². The molecule has 2 heterocycles. The predicted molar refractivity (Wildman–Crippen MR) is 140 cm³/mol. The zero-order valence-electron chi connectivity index (χ0n) is 19.4. The van der Waals surface area contributed by atoms with E-state index in [1.54, 1.807) is 49.4 Å². The van der Waals surface area contributed by atoms with Crippen molar-refractivity contribution in [1.29, 1.82) is 0 Å². The van der Waals surface area contributed by atoms with Gasteiger partial charge in [-0.3, -0.25) is 4.79 Å². The Kier molecular flexibility index (Phi) is 6.52. The van der Waals surface area contributed by atoms with Gasteiger partial charge >= 0.3 is 5.97 Å². The first-order valence-electron chi connectivity index (χ1n) is 11.3. The number of amides is 1. The van der Waals surface area contributed by atoms with E-state index in [0.717, 1.165) is 5.56 Å². The summed E-state index contributed by atoms with van der Waals surface area (Å²) in [5.74, 6) is 0.377. The Morgan fingerprint density at radius 3 is 2.58 bits per heavy atom. The van der Waals surface area contributed by atoms with Gasteiger partial charge in [0.15, 0.2) is 0 Å². The molecule has 36 heavy (non-hydrogen) atoms. The molecule has 1 aromatic heterocycles. The molecule has 0 N–H and O–H groups in total. The average molecular weight is 497 g/mol. The van der Waals surface area contributed by atoms with Crippen molar-refractivity contribution in [2.75, 3.05) is 5.01 Å². The molecule has 4 aromatic rings. The standard InChI is InChI=1S/C29H21ClN2O4/c1-19-25(28(33)32(31-19)23-11-3-2-4-12-23)17-24-14-15-27(36-24)20-9-7-10-21(16-20)29(34)35-18-22-8-5-6-13-26(22)30/h2-17H,18H2,1H3/b25-17-. The molecule has 7 heteroatoms. The zero-order valence-corrected chi connectivity index (χ0v) is 20.1. The Hall–Kier alpha value is -4.42. The molecule has 0 radical (unpaired) electrons. The van der Waals surface area contributed by atoms with E-state index in [1.165, 1.54) is 5.01 Å². The summed E-state index contributed by atoms with van der Waals surface area (Å²) in [5, 5.41) is 6.31. The Morgan fingerprint density at radius 1 is 1.00 bits per heavy atom. The molecule has 0 bridgehead atoms. The van der Waals surface area contributed by atoms with Crippen LogP contribution in [0.2, 0.25) is 5.02 Å². The van der Waals surface area contributed by atoms with Crippen LogP contribution in [0.3, 0.4) is 0 Å². The topological polar surface area (TPSA) is 72.1 Å². The van der Waals surface area contributed by atoms with Crippen LogP contribution in [0.1, 0.15) is 28.6 Å². The third-order valence-corrected chi connectivity index (χ3v) is 6.04. The number of hydrogen-bond donors (Lipinski definition) is 0. The number of nitrogens with zero attached hydrogens (tertiary/aromatic N) is 2. The van der Waals surface area contributed by atoms with E-state index in [-0.39, 0.29) is 12.5 Å². The first-order chi connectivity index (χ1) is 17.5. The van der Waals surface area contributed by atoms with Gasteiger partial charge in [-0.2, -0.15) is 10.1 Å². The van der Waals surface area contributed by atoms with E-state index < -0.39 is 5.97 Å². The van der Waals surface area contributed by atoms with Crippen LogP contribution >= 0.6 is 11.6 Å². The molecule has 178 valence electrons. The molecule has 1 aliphatic heterocycles. The fraction of sp³-hybridized carbons (Fsp3) is 0.0690. The molecule has 6 nitrogen and oxygen atoms in total. The van der Waals surface area contributed by atoms with E-state index in [1.807, 2.05) is 54.6 Å². The molecule has 5 rings (SSSR count). The molecule has 0 saturated heterocycles. The number of hydrazone groups is 1. The van der Waals surface area contributed by atoms with Gasteiger partial charge in [0.25, 0.3) is 5.91 Å². The van der Waals surface area contributed by atoms with E-state index in [0.29, 0.717) is 44.6 Å². The summed E-state index contributed by atoms with van der Waals surface area (Å²) < 4.78 is 11.4. The van der Waals surface area contributed by atoms with Crippen LogP contribution in [-0.4, -0.2) is 17.6 Å². The van der Waals surface area contributed by atoms with Crippen molar-refractivity contribution in [3.05, 3.63) is 118 Å². The number of rotatable bonds is 6. The fourth-order valence-electron chi connectivity index (χ4n) is 3.80. The third kappa shape index (κ3) is 4.85. The van der Waals surface area contributed by atoms with Gasteiger partial charge in [-0.25, -0.2) is 4.79 Å². The van der Waals surface area contributed by atoms with Crippen LogP contribution in [0.15, 0.2) is 106 Å². The van der Waals surface area contributed by atoms with Crippen LogP contribution in [0.4, 0.5) is 5.69 Å². The maximum absolute atomic E-state index is 12.9. The molecule has 1 amide bonds. The van der Waals surface area contributed by atoms with Gasteiger partial charge in [0.05, 0.1) is 22.5 Å². The van der Waals surface area contributed by atoms with Crippen molar-refractivity contribution in [2.45, 2.75) is 13.5 Å². The lowest BCUT2D eigenvalue weighted by molar-refractivity contribution is -0.114. The number of benzene rings is 3.